The molecule has 0 aliphatic carbocycles. The molecule has 0 aromatic heterocycles. The molecule has 0 aliphatic rings. The van der Waals surface area contributed by atoms with Crippen LogP contribution in [0.3, 0.4) is 0 Å². The number of phenols is 1. The fourth-order valence-corrected chi connectivity index (χ4v) is 2.10. The van der Waals surface area contributed by atoms with Gasteiger partial charge in [0.15, 0.2) is 11.5 Å². The Balaban J connectivity index is 2.31. The van der Waals surface area contributed by atoms with Gasteiger partial charge in [-0.15, -0.1) is 0 Å². The zero-order chi connectivity index (χ0) is 12.9. The van der Waals surface area contributed by atoms with Gasteiger partial charge in [0, 0.05) is 0 Å². The van der Waals surface area contributed by atoms with Crippen molar-refractivity contribution in [3.05, 3.63) is 24.3 Å². The van der Waals surface area contributed by atoms with Crippen molar-refractivity contribution in [1.82, 2.24) is 0 Å². The molecule has 0 bridgehead atoms. The molecule has 0 spiro atoms. The molecule has 1 unspecified atom stereocenters. The summed E-state index contributed by atoms with van der Waals surface area (Å²) in [5.41, 5.74) is 0.369. The molecule has 0 radical (unpaired) electrons. The number of rotatable bonds is 5. The highest BCUT2D eigenvalue weighted by molar-refractivity contribution is 5.37. The van der Waals surface area contributed by atoms with E-state index in [-0.39, 0.29) is 5.75 Å². The molecule has 2 nitrogen and oxygen atoms in total. The van der Waals surface area contributed by atoms with Crippen molar-refractivity contribution in [2.75, 3.05) is 6.61 Å². The molecule has 0 saturated carbocycles. The van der Waals surface area contributed by atoms with Crippen LogP contribution in [0, 0.1) is 11.3 Å². The van der Waals surface area contributed by atoms with Crippen molar-refractivity contribution in [3.63, 3.8) is 0 Å². The van der Waals surface area contributed by atoms with E-state index in [1.54, 1.807) is 18.2 Å². The summed E-state index contributed by atoms with van der Waals surface area (Å²) in [7, 11) is 0. The van der Waals surface area contributed by atoms with E-state index in [9.17, 15) is 5.11 Å². The lowest BCUT2D eigenvalue weighted by Gasteiger charge is -2.23. The fourth-order valence-electron chi connectivity index (χ4n) is 2.10. The molecule has 0 saturated heterocycles. The summed E-state index contributed by atoms with van der Waals surface area (Å²) in [6.07, 6.45) is 2.21. The van der Waals surface area contributed by atoms with Gasteiger partial charge in [-0.3, -0.25) is 0 Å². The van der Waals surface area contributed by atoms with E-state index in [1.807, 2.05) is 6.07 Å². The number of hydrogen-bond donors (Lipinski definition) is 1. The Kier molecular flexibility index (Phi) is 4.86. The fraction of sp³-hybridized carbons (Fsp3) is 0.600. The molecular weight excluding hydrogens is 212 g/mol. The van der Waals surface area contributed by atoms with Gasteiger partial charge in [-0.25, -0.2) is 0 Å². The largest absolute Gasteiger partial charge is 0.504 e. The van der Waals surface area contributed by atoms with E-state index < -0.39 is 0 Å². The van der Waals surface area contributed by atoms with Crippen LogP contribution in [0.2, 0.25) is 0 Å². The summed E-state index contributed by atoms with van der Waals surface area (Å²) >= 11 is 0. The Morgan fingerprint density at radius 3 is 2.47 bits per heavy atom. The van der Waals surface area contributed by atoms with Crippen LogP contribution in [-0.4, -0.2) is 11.7 Å². The second-order valence-corrected chi connectivity index (χ2v) is 5.97. The third-order valence-corrected chi connectivity index (χ3v) is 2.69. The minimum atomic E-state index is 0.218. The maximum absolute atomic E-state index is 9.54. The van der Waals surface area contributed by atoms with E-state index in [4.69, 9.17) is 4.74 Å². The first-order valence-corrected chi connectivity index (χ1v) is 6.29. The molecule has 17 heavy (non-hydrogen) atoms. The van der Waals surface area contributed by atoms with Crippen LogP contribution in [0.5, 0.6) is 11.5 Å². The number of ether oxygens (including phenoxy) is 1. The smallest absolute Gasteiger partial charge is 0.160 e. The topological polar surface area (TPSA) is 29.5 Å². The Labute approximate surface area is 105 Å². The lowest BCUT2D eigenvalue weighted by molar-refractivity contribution is 0.235. The Morgan fingerprint density at radius 2 is 1.88 bits per heavy atom. The number of para-hydroxylation sites is 2. The van der Waals surface area contributed by atoms with Crippen LogP contribution in [0.1, 0.15) is 40.5 Å². The molecule has 1 rings (SSSR count). The van der Waals surface area contributed by atoms with Crippen molar-refractivity contribution in [2.45, 2.75) is 40.5 Å². The normalized spacial score (nSPS) is 13.4. The molecule has 96 valence electrons. The van der Waals surface area contributed by atoms with Crippen molar-refractivity contribution in [2.24, 2.45) is 11.3 Å². The predicted molar refractivity (Wildman–Crippen MR) is 71.5 cm³/mol. The zero-order valence-electron chi connectivity index (χ0n) is 11.4. The molecule has 1 aromatic carbocycles. The predicted octanol–water partition coefficient (Wildman–Crippen LogP) is 4.23. The maximum Gasteiger partial charge on any atom is 0.160 e. The molecule has 0 heterocycles. The van der Waals surface area contributed by atoms with Gasteiger partial charge < -0.3 is 9.84 Å². The van der Waals surface area contributed by atoms with Gasteiger partial charge in [0.05, 0.1) is 6.61 Å². The van der Waals surface area contributed by atoms with Crippen molar-refractivity contribution in [3.8, 4) is 11.5 Å². The van der Waals surface area contributed by atoms with Crippen molar-refractivity contribution < 1.29 is 9.84 Å². The summed E-state index contributed by atoms with van der Waals surface area (Å²) in [4.78, 5) is 0. The average Bonchev–Trinajstić information content (AvgIpc) is 2.18. The molecule has 1 aromatic rings. The average molecular weight is 236 g/mol. The SMILES string of the molecule is CC(CCOc1ccccc1O)CC(C)(C)C. The minimum Gasteiger partial charge on any atom is -0.504 e. The van der Waals surface area contributed by atoms with Gasteiger partial charge in [0.1, 0.15) is 0 Å². The van der Waals surface area contributed by atoms with Crippen LogP contribution in [-0.2, 0) is 0 Å². The molecule has 0 fully saturated rings. The highest BCUT2D eigenvalue weighted by Gasteiger charge is 2.15. The van der Waals surface area contributed by atoms with Gasteiger partial charge in [-0.2, -0.15) is 0 Å². The summed E-state index contributed by atoms with van der Waals surface area (Å²) < 4.78 is 5.57. The first-order chi connectivity index (χ1) is 7.88. The monoisotopic (exact) mass is 236 g/mol. The van der Waals surface area contributed by atoms with E-state index in [1.165, 1.54) is 6.42 Å². The van der Waals surface area contributed by atoms with Crippen LogP contribution < -0.4 is 4.74 Å². The molecule has 2 heteroatoms. The van der Waals surface area contributed by atoms with Crippen LogP contribution >= 0.6 is 0 Å². The lowest BCUT2D eigenvalue weighted by Crippen LogP contribution is -2.13. The lowest BCUT2D eigenvalue weighted by atomic mass is 9.84. The van der Waals surface area contributed by atoms with E-state index in [2.05, 4.69) is 27.7 Å². The molecule has 0 amide bonds. The van der Waals surface area contributed by atoms with Crippen LogP contribution in [0.4, 0.5) is 0 Å². The molecule has 1 N–H and O–H groups in total. The maximum atomic E-state index is 9.54. The van der Waals surface area contributed by atoms with Crippen molar-refractivity contribution >= 4 is 0 Å². The molecular formula is C15H24O2. The van der Waals surface area contributed by atoms with E-state index >= 15 is 0 Å². The van der Waals surface area contributed by atoms with Crippen molar-refractivity contribution in [1.29, 1.82) is 0 Å². The molecule has 0 aliphatic heterocycles. The zero-order valence-corrected chi connectivity index (χ0v) is 11.4. The summed E-state index contributed by atoms with van der Waals surface area (Å²) in [6.45, 7) is 9.68. The number of aromatic hydroxyl groups is 1. The standard InChI is InChI=1S/C15H24O2/c1-12(11-15(2,3)4)9-10-17-14-8-6-5-7-13(14)16/h5-8,12,16H,9-11H2,1-4H3. The second-order valence-electron chi connectivity index (χ2n) is 5.97. The van der Waals surface area contributed by atoms with Gasteiger partial charge >= 0.3 is 0 Å². The Morgan fingerprint density at radius 1 is 1.24 bits per heavy atom. The molecule has 1 atom stereocenters. The summed E-state index contributed by atoms with van der Waals surface area (Å²) in [6, 6.07) is 7.11. The third kappa shape index (κ3) is 5.62. The third-order valence-electron chi connectivity index (χ3n) is 2.69. The van der Waals surface area contributed by atoms with Gasteiger partial charge in [-0.1, -0.05) is 39.8 Å². The Bertz CT molecular complexity index is 339. The summed E-state index contributed by atoms with van der Waals surface area (Å²) in [5.74, 6) is 1.44. The number of hydrogen-bond acceptors (Lipinski definition) is 2. The highest BCUT2D eigenvalue weighted by Crippen LogP contribution is 2.27. The summed E-state index contributed by atoms with van der Waals surface area (Å²) in [5, 5.41) is 9.54. The second kappa shape index (κ2) is 5.95. The quantitative estimate of drug-likeness (QED) is 0.828. The number of benzene rings is 1. The van der Waals surface area contributed by atoms with Gasteiger partial charge in [-0.05, 0) is 36.3 Å². The first kappa shape index (κ1) is 13.9. The number of phenolic OH excluding ortho intramolecular Hbond substituents is 1. The van der Waals surface area contributed by atoms with Crippen LogP contribution in [0.15, 0.2) is 24.3 Å². The first-order valence-electron chi connectivity index (χ1n) is 6.29. The van der Waals surface area contributed by atoms with E-state index in [0.717, 1.165) is 6.42 Å². The highest BCUT2D eigenvalue weighted by atomic mass is 16.5. The van der Waals surface area contributed by atoms with Crippen LogP contribution in [0.25, 0.3) is 0 Å². The van der Waals surface area contributed by atoms with Gasteiger partial charge in [0.25, 0.3) is 0 Å². The Hall–Kier alpha value is -1.18. The minimum absolute atomic E-state index is 0.218. The van der Waals surface area contributed by atoms with Gasteiger partial charge in [0.2, 0.25) is 0 Å². The van der Waals surface area contributed by atoms with E-state index in [0.29, 0.717) is 23.7 Å².